The summed E-state index contributed by atoms with van der Waals surface area (Å²) in [6.45, 7) is 5.37. The van der Waals surface area contributed by atoms with E-state index in [0.29, 0.717) is 12.8 Å². The minimum Gasteiger partial charge on any atom is -0.465 e. The van der Waals surface area contributed by atoms with E-state index in [2.05, 4.69) is 0 Å². The predicted octanol–water partition coefficient (Wildman–Crippen LogP) is 2.95. The van der Waals surface area contributed by atoms with Crippen LogP contribution in [0.1, 0.15) is 46.5 Å². The lowest BCUT2D eigenvalue weighted by atomic mass is 9.97. The first-order chi connectivity index (χ1) is 8.07. The van der Waals surface area contributed by atoms with Gasteiger partial charge in [-0.25, -0.2) is 4.21 Å². The monoisotopic (exact) mass is 286 g/mol. The van der Waals surface area contributed by atoms with Gasteiger partial charge in [-0.3, -0.25) is 4.79 Å². The number of rotatable bonds is 7. The SMILES string of the molecule is CC(C)(C)C(=O)OCCCCCC(F)(F)S(=O)O. The number of halogens is 2. The van der Waals surface area contributed by atoms with Crippen LogP contribution in [0.3, 0.4) is 0 Å². The lowest BCUT2D eigenvalue weighted by Crippen LogP contribution is -2.23. The van der Waals surface area contributed by atoms with Gasteiger partial charge < -0.3 is 9.29 Å². The number of hydrogen-bond donors (Lipinski definition) is 1. The van der Waals surface area contributed by atoms with Crippen molar-refractivity contribution in [1.29, 1.82) is 0 Å². The minimum absolute atomic E-state index is 0.117. The lowest BCUT2D eigenvalue weighted by molar-refractivity contribution is -0.153. The molecular formula is C11H20F2O4S. The molecule has 0 spiro atoms. The first-order valence-electron chi connectivity index (χ1n) is 5.73. The maximum Gasteiger partial charge on any atom is 0.345 e. The molecule has 0 heterocycles. The van der Waals surface area contributed by atoms with E-state index in [9.17, 15) is 17.8 Å². The predicted molar refractivity (Wildman–Crippen MR) is 64.6 cm³/mol. The van der Waals surface area contributed by atoms with E-state index in [1.54, 1.807) is 20.8 Å². The van der Waals surface area contributed by atoms with Crippen molar-refractivity contribution in [1.82, 2.24) is 0 Å². The number of alkyl halides is 2. The first kappa shape index (κ1) is 17.4. The molecule has 1 N–H and O–H groups in total. The zero-order valence-electron chi connectivity index (χ0n) is 10.9. The van der Waals surface area contributed by atoms with Gasteiger partial charge in [-0.05, 0) is 40.0 Å². The molecule has 108 valence electrons. The van der Waals surface area contributed by atoms with Crippen molar-refractivity contribution in [2.75, 3.05) is 6.61 Å². The van der Waals surface area contributed by atoms with Gasteiger partial charge in [0.15, 0.2) is 0 Å². The Morgan fingerprint density at radius 1 is 1.22 bits per heavy atom. The Bertz CT molecular complexity index is 300. The number of hydrogen-bond acceptors (Lipinski definition) is 3. The van der Waals surface area contributed by atoms with Crippen molar-refractivity contribution < 1.29 is 27.1 Å². The molecule has 0 aliphatic rings. The molecule has 1 atom stereocenters. The Kier molecular flexibility index (Phi) is 6.91. The van der Waals surface area contributed by atoms with Gasteiger partial charge in [0, 0.05) is 6.42 Å². The van der Waals surface area contributed by atoms with Gasteiger partial charge in [-0.15, -0.1) is 0 Å². The molecule has 0 bridgehead atoms. The molecule has 0 aromatic carbocycles. The molecule has 0 aliphatic carbocycles. The van der Waals surface area contributed by atoms with Gasteiger partial charge in [0.1, 0.15) is 0 Å². The Labute approximate surface area is 108 Å². The maximum absolute atomic E-state index is 12.7. The maximum atomic E-state index is 12.7. The van der Waals surface area contributed by atoms with Crippen molar-refractivity contribution in [2.45, 2.75) is 51.7 Å². The number of esters is 1. The third-order valence-electron chi connectivity index (χ3n) is 2.21. The first-order valence-corrected chi connectivity index (χ1v) is 6.84. The number of carbonyl (C=O) groups excluding carboxylic acids is 1. The van der Waals surface area contributed by atoms with Crippen LogP contribution in [0.2, 0.25) is 0 Å². The average Bonchev–Trinajstić information content (AvgIpc) is 2.21. The summed E-state index contributed by atoms with van der Waals surface area (Å²) in [5, 5.41) is -3.55. The van der Waals surface area contributed by atoms with Gasteiger partial charge in [0.05, 0.1) is 12.0 Å². The van der Waals surface area contributed by atoms with E-state index in [0.717, 1.165) is 0 Å². The Hall–Kier alpha value is -0.560. The summed E-state index contributed by atoms with van der Waals surface area (Å²) in [7, 11) is 0. The quantitative estimate of drug-likeness (QED) is 0.444. The van der Waals surface area contributed by atoms with Crippen LogP contribution in [0.5, 0.6) is 0 Å². The van der Waals surface area contributed by atoms with Crippen LogP contribution in [-0.4, -0.2) is 26.6 Å². The lowest BCUT2D eigenvalue weighted by Gasteiger charge is -2.16. The van der Waals surface area contributed by atoms with E-state index in [4.69, 9.17) is 9.29 Å². The summed E-state index contributed by atoms with van der Waals surface area (Å²) in [5.74, 6) is -0.329. The third-order valence-corrected chi connectivity index (χ3v) is 2.93. The molecule has 0 amide bonds. The Morgan fingerprint density at radius 2 is 1.78 bits per heavy atom. The standard InChI is InChI=1S/C11H20F2O4S/c1-10(2,3)9(14)17-8-6-4-5-7-11(12,13)18(15)16/h4-8H2,1-3H3,(H,15,16). The molecular weight excluding hydrogens is 266 g/mol. The summed E-state index contributed by atoms with van der Waals surface area (Å²) >= 11 is -3.12. The molecule has 0 aliphatic heterocycles. The summed E-state index contributed by atoms with van der Waals surface area (Å²) in [6.07, 6.45) is 0.371. The Balaban J connectivity index is 3.65. The molecule has 1 unspecified atom stereocenters. The van der Waals surface area contributed by atoms with Gasteiger partial charge in [0.2, 0.25) is 11.1 Å². The highest BCUT2D eigenvalue weighted by Gasteiger charge is 2.35. The highest BCUT2D eigenvalue weighted by atomic mass is 32.2. The molecule has 4 nitrogen and oxygen atoms in total. The average molecular weight is 286 g/mol. The van der Waals surface area contributed by atoms with E-state index in [1.807, 2.05) is 0 Å². The molecule has 0 radical (unpaired) electrons. The molecule has 0 fully saturated rings. The largest absolute Gasteiger partial charge is 0.465 e. The summed E-state index contributed by atoms with van der Waals surface area (Å²) < 4.78 is 48.9. The second kappa shape index (κ2) is 7.13. The van der Waals surface area contributed by atoms with E-state index in [1.165, 1.54) is 0 Å². The molecule has 18 heavy (non-hydrogen) atoms. The molecule has 7 heteroatoms. The molecule has 0 rings (SSSR count). The summed E-state index contributed by atoms with van der Waals surface area (Å²) in [6, 6.07) is 0. The van der Waals surface area contributed by atoms with Crippen LogP contribution >= 0.6 is 0 Å². The fourth-order valence-corrected chi connectivity index (χ4v) is 1.40. The van der Waals surface area contributed by atoms with E-state index in [-0.39, 0.29) is 19.0 Å². The number of ether oxygens (including phenoxy) is 1. The van der Waals surface area contributed by atoms with Gasteiger partial charge in [0.25, 0.3) is 0 Å². The highest BCUT2D eigenvalue weighted by molar-refractivity contribution is 7.80. The van der Waals surface area contributed by atoms with E-state index >= 15 is 0 Å². The molecule has 0 aromatic rings. The minimum atomic E-state index is -3.55. The van der Waals surface area contributed by atoms with Crippen LogP contribution in [0.4, 0.5) is 8.78 Å². The number of carbonyl (C=O) groups is 1. The van der Waals surface area contributed by atoms with Crippen molar-refractivity contribution in [3.05, 3.63) is 0 Å². The zero-order chi connectivity index (χ0) is 14.4. The molecule has 0 saturated heterocycles. The molecule has 0 aromatic heterocycles. The third kappa shape index (κ3) is 7.00. The van der Waals surface area contributed by atoms with Crippen molar-refractivity contribution >= 4 is 17.0 Å². The highest BCUT2D eigenvalue weighted by Crippen LogP contribution is 2.24. The number of unbranched alkanes of at least 4 members (excludes halogenated alkanes) is 2. The fraction of sp³-hybridized carbons (Fsp3) is 0.909. The second-order valence-corrected chi connectivity index (χ2v) is 6.18. The Morgan fingerprint density at radius 3 is 2.22 bits per heavy atom. The van der Waals surface area contributed by atoms with Gasteiger partial charge >= 0.3 is 11.2 Å². The van der Waals surface area contributed by atoms with Crippen LogP contribution in [0.25, 0.3) is 0 Å². The summed E-state index contributed by atoms with van der Waals surface area (Å²) in [5.41, 5.74) is -0.569. The van der Waals surface area contributed by atoms with Gasteiger partial charge in [-0.2, -0.15) is 8.78 Å². The van der Waals surface area contributed by atoms with Crippen molar-refractivity contribution in [3.63, 3.8) is 0 Å². The van der Waals surface area contributed by atoms with Crippen LogP contribution in [-0.2, 0) is 20.6 Å². The topological polar surface area (TPSA) is 63.6 Å². The van der Waals surface area contributed by atoms with Crippen molar-refractivity contribution in [3.8, 4) is 0 Å². The normalized spacial score (nSPS) is 14.3. The van der Waals surface area contributed by atoms with E-state index < -0.39 is 28.2 Å². The fourth-order valence-electron chi connectivity index (χ4n) is 1.08. The zero-order valence-corrected chi connectivity index (χ0v) is 11.7. The van der Waals surface area contributed by atoms with Crippen LogP contribution < -0.4 is 0 Å². The van der Waals surface area contributed by atoms with Crippen LogP contribution in [0.15, 0.2) is 0 Å². The van der Waals surface area contributed by atoms with Crippen LogP contribution in [0, 0.1) is 5.41 Å². The van der Waals surface area contributed by atoms with Gasteiger partial charge in [-0.1, -0.05) is 0 Å². The molecule has 0 saturated carbocycles. The summed E-state index contributed by atoms with van der Waals surface area (Å²) in [4.78, 5) is 11.3. The van der Waals surface area contributed by atoms with Crippen molar-refractivity contribution in [2.24, 2.45) is 5.41 Å². The smallest absolute Gasteiger partial charge is 0.345 e. The second-order valence-electron chi connectivity index (χ2n) is 5.08.